The van der Waals surface area contributed by atoms with E-state index < -0.39 is 0 Å². The molecular weight excluding hydrogens is 266 g/mol. The van der Waals surface area contributed by atoms with E-state index in [4.69, 9.17) is 4.74 Å². The maximum atomic E-state index is 11.7. The van der Waals surface area contributed by atoms with Crippen molar-refractivity contribution >= 4 is 5.91 Å². The third-order valence-corrected chi connectivity index (χ3v) is 3.12. The molecule has 112 valence electrons. The van der Waals surface area contributed by atoms with E-state index in [9.17, 15) is 4.79 Å². The number of nitrogens with zero attached hydrogens (tertiary/aromatic N) is 2. The molecule has 0 spiro atoms. The van der Waals surface area contributed by atoms with Gasteiger partial charge in [0.2, 0.25) is 5.91 Å². The minimum Gasteiger partial charge on any atom is -0.367 e. The fourth-order valence-corrected chi connectivity index (χ4v) is 1.92. The van der Waals surface area contributed by atoms with Crippen LogP contribution < -0.4 is 5.32 Å². The van der Waals surface area contributed by atoms with Gasteiger partial charge in [0.05, 0.1) is 18.8 Å². The molecule has 0 radical (unpaired) electrons. The molecule has 0 saturated carbocycles. The first-order valence-corrected chi connectivity index (χ1v) is 7.04. The van der Waals surface area contributed by atoms with Crippen LogP contribution in [0.2, 0.25) is 0 Å². The predicted molar refractivity (Wildman–Crippen MR) is 80.8 cm³/mol. The fraction of sp³-hybridized carbons (Fsp3) is 0.375. The molecule has 0 aliphatic heterocycles. The van der Waals surface area contributed by atoms with Crippen LogP contribution in [0.4, 0.5) is 0 Å². The van der Waals surface area contributed by atoms with Crippen molar-refractivity contribution in [3.05, 3.63) is 53.9 Å². The standard InChI is InChI=1S/C16H21N3O2/c1-13-8-18-19(10-13)14(2)9-17-16(20)12-21-11-15-6-4-3-5-7-15/h3-8,10,14H,9,11-12H2,1-2H3,(H,17,20)/t14-/m0/s1. The van der Waals surface area contributed by atoms with Crippen LogP contribution in [0.25, 0.3) is 0 Å². The number of benzene rings is 1. The van der Waals surface area contributed by atoms with E-state index in [1.807, 2.05) is 55.1 Å². The number of carbonyl (C=O) groups excluding carboxylic acids is 1. The molecule has 1 amide bonds. The lowest BCUT2D eigenvalue weighted by molar-refractivity contribution is -0.126. The van der Waals surface area contributed by atoms with Crippen molar-refractivity contribution in [2.24, 2.45) is 0 Å². The van der Waals surface area contributed by atoms with Crippen LogP contribution in [-0.2, 0) is 16.1 Å². The summed E-state index contributed by atoms with van der Waals surface area (Å²) in [5.74, 6) is -0.110. The second-order valence-electron chi connectivity index (χ2n) is 5.13. The Balaban J connectivity index is 1.65. The van der Waals surface area contributed by atoms with Crippen LogP contribution in [0.1, 0.15) is 24.1 Å². The van der Waals surface area contributed by atoms with Gasteiger partial charge in [-0.2, -0.15) is 5.10 Å². The lowest BCUT2D eigenvalue weighted by Gasteiger charge is -2.13. The van der Waals surface area contributed by atoms with Gasteiger partial charge in [-0.1, -0.05) is 30.3 Å². The van der Waals surface area contributed by atoms with Crippen LogP contribution in [0.3, 0.4) is 0 Å². The molecule has 0 unspecified atom stereocenters. The summed E-state index contributed by atoms with van der Waals surface area (Å²) in [4.78, 5) is 11.7. The molecule has 2 rings (SSSR count). The normalized spacial score (nSPS) is 12.1. The molecule has 5 nitrogen and oxygen atoms in total. The summed E-state index contributed by atoms with van der Waals surface area (Å²) in [6.07, 6.45) is 3.77. The molecule has 1 atom stereocenters. The van der Waals surface area contributed by atoms with Gasteiger partial charge in [0.1, 0.15) is 6.61 Å². The van der Waals surface area contributed by atoms with Crippen molar-refractivity contribution in [2.45, 2.75) is 26.5 Å². The zero-order valence-corrected chi connectivity index (χ0v) is 12.5. The number of aryl methyl sites for hydroxylation is 1. The van der Waals surface area contributed by atoms with Gasteiger partial charge in [0.15, 0.2) is 0 Å². The highest BCUT2D eigenvalue weighted by molar-refractivity contribution is 5.77. The van der Waals surface area contributed by atoms with Gasteiger partial charge in [0, 0.05) is 12.7 Å². The topological polar surface area (TPSA) is 56.2 Å². The molecule has 0 bridgehead atoms. The Kier molecular flexibility index (Phi) is 5.51. The Morgan fingerprint density at radius 3 is 2.81 bits per heavy atom. The molecule has 1 N–H and O–H groups in total. The number of aromatic nitrogens is 2. The van der Waals surface area contributed by atoms with E-state index in [1.165, 1.54) is 0 Å². The Morgan fingerprint density at radius 1 is 1.38 bits per heavy atom. The number of ether oxygens (including phenoxy) is 1. The molecule has 1 aromatic heterocycles. The van der Waals surface area contributed by atoms with Gasteiger partial charge in [-0.15, -0.1) is 0 Å². The van der Waals surface area contributed by atoms with Gasteiger partial charge in [0.25, 0.3) is 0 Å². The molecule has 0 aliphatic carbocycles. The Labute approximate surface area is 124 Å². The Morgan fingerprint density at radius 2 is 2.14 bits per heavy atom. The van der Waals surface area contributed by atoms with E-state index >= 15 is 0 Å². The second-order valence-corrected chi connectivity index (χ2v) is 5.13. The predicted octanol–water partition coefficient (Wildman–Crippen LogP) is 2.09. The first-order chi connectivity index (χ1) is 10.1. The van der Waals surface area contributed by atoms with Crippen LogP contribution in [0, 0.1) is 6.92 Å². The number of hydrogen-bond acceptors (Lipinski definition) is 3. The second kappa shape index (κ2) is 7.59. The van der Waals surface area contributed by atoms with Crippen molar-refractivity contribution in [1.82, 2.24) is 15.1 Å². The molecule has 2 aromatic rings. The molecule has 1 heterocycles. The summed E-state index contributed by atoms with van der Waals surface area (Å²) < 4.78 is 7.24. The molecule has 1 aromatic carbocycles. The van der Waals surface area contributed by atoms with Gasteiger partial charge in [-0.3, -0.25) is 9.48 Å². The Hall–Kier alpha value is -2.14. The smallest absolute Gasteiger partial charge is 0.246 e. The summed E-state index contributed by atoms with van der Waals surface area (Å²) in [5, 5.41) is 7.08. The lowest BCUT2D eigenvalue weighted by Crippen LogP contribution is -2.32. The minimum absolute atomic E-state index is 0.0692. The third kappa shape index (κ3) is 5.04. The van der Waals surface area contributed by atoms with Crippen LogP contribution >= 0.6 is 0 Å². The van der Waals surface area contributed by atoms with Crippen molar-refractivity contribution in [1.29, 1.82) is 0 Å². The van der Waals surface area contributed by atoms with E-state index in [2.05, 4.69) is 10.4 Å². The Bertz CT molecular complexity index is 566. The zero-order chi connectivity index (χ0) is 15.1. The first kappa shape index (κ1) is 15.3. The van der Waals surface area contributed by atoms with Crippen LogP contribution in [0.15, 0.2) is 42.7 Å². The molecule has 5 heteroatoms. The van der Waals surface area contributed by atoms with Crippen molar-refractivity contribution in [3.8, 4) is 0 Å². The molecular formula is C16H21N3O2. The summed E-state index contributed by atoms with van der Waals surface area (Å²) in [6.45, 7) is 5.06. The monoisotopic (exact) mass is 287 g/mol. The lowest BCUT2D eigenvalue weighted by atomic mass is 10.2. The highest BCUT2D eigenvalue weighted by atomic mass is 16.5. The van der Waals surface area contributed by atoms with Gasteiger partial charge in [-0.05, 0) is 25.0 Å². The summed E-state index contributed by atoms with van der Waals surface area (Å²) in [5.41, 5.74) is 2.17. The van der Waals surface area contributed by atoms with Crippen molar-refractivity contribution < 1.29 is 9.53 Å². The van der Waals surface area contributed by atoms with Crippen molar-refractivity contribution in [2.75, 3.05) is 13.2 Å². The number of rotatable bonds is 7. The highest BCUT2D eigenvalue weighted by Crippen LogP contribution is 2.04. The first-order valence-electron chi connectivity index (χ1n) is 7.04. The average molecular weight is 287 g/mol. The van der Waals surface area contributed by atoms with Gasteiger partial charge < -0.3 is 10.1 Å². The SMILES string of the molecule is Cc1cnn([C@@H](C)CNC(=O)COCc2ccccc2)c1. The molecule has 0 fully saturated rings. The average Bonchev–Trinajstić information content (AvgIpc) is 2.92. The third-order valence-electron chi connectivity index (χ3n) is 3.12. The zero-order valence-electron chi connectivity index (χ0n) is 12.5. The van der Waals surface area contributed by atoms with Gasteiger partial charge >= 0.3 is 0 Å². The van der Waals surface area contributed by atoms with E-state index in [1.54, 1.807) is 6.20 Å². The quantitative estimate of drug-likeness (QED) is 0.848. The maximum absolute atomic E-state index is 11.7. The summed E-state index contributed by atoms with van der Waals surface area (Å²) in [7, 11) is 0. The van der Waals surface area contributed by atoms with E-state index in [-0.39, 0.29) is 18.6 Å². The molecule has 0 aliphatic rings. The maximum Gasteiger partial charge on any atom is 0.246 e. The number of carbonyl (C=O) groups is 1. The summed E-state index contributed by atoms with van der Waals surface area (Å²) in [6, 6.07) is 9.92. The van der Waals surface area contributed by atoms with Gasteiger partial charge in [-0.25, -0.2) is 0 Å². The number of hydrogen-bond donors (Lipinski definition) is 1. The molecule has 21 heavy (non-hydrogen) atoms. The van der Waals surface area contributed by atoms with E-state index in [0.717, 1.165) is 11.1 Å². The number of nitrogens with one attached hydrogen (secondary N) is 1. The van der Waals surface area contributed by atoms with Crippen molar-refractivity contribution in [3.63, 3.8) is 0 Å². The van der Waals surface area contributed by atoms with E-state index in [0.29, 0.717) is 13.2 Å². The van der Waals surface area contributed by atoms with Crippen LogP contribution in [-0.4, -0.2) is 28.8 Å². The minimum atomic E-state index is -0.110. The summed E-state index contributed by atoms with van der Waals surface area (Å²) >= 11 is 0. The number of amides is 1. The molecule has 0 saturated heterocycles. The highest BCUT2D eigenvalue weighted by Gasteiger charge is 2.08. The largest absolute Gasteiger partial charge is 0.367 e. The van der Waals surface area contributed by atoms with Crippen LogP contribution in [0.5, 0.6) is 0 Å². The fourth-order valence-electron chi connectivity index (χ4n) is 1.92.